The van der Waals surface area contributed by atoms with Gasteiger partial charge in [-0.3, -0.25) is 0 Å². The third-order valence-electron chi connectivity index (χ3n) is 6.06. The van der Waals surface area contributed by atoms with Crippen molar-refractivity contribution in [2.45, 2.75) is 18.0 Å². The Bertz CT molecular complexity index is 1090. The molecule has 1 unspecified atom stereocenters. The molecule has 2 bridgehead atoms. The summed E-state index contributed by atoms with van der Waals surface area (Å²) in [4.78, 5) is 14.5. The van der Waals surface area contributed by atoms with Gasteiger partial charge >= 0.3 is 6.03 Å². The Labute approximate surface area is 176 Å². The van der Waals surface area contributed by atoms with Crippen LogP contribution >= 0.6 is 0 Å². The molecule has 3 aromatic carbocycles. The number of nitrogens with zero attached hydrogens (tertiary/aromatic N) is 2. The fourth-order valence-corrected chi connectivity index (χ4v) is 4.55. The Kier molecular flexibility index (Phi) is 4.70. The molecule has 6 rings (SSSR count). The van der Waals surface area contributed by atoms with Gasteiger partial charge in [-0.05, 0) is 41.0 Å². The highest BCUT2D eigenvalue weighted by molar-refractivity contribution is 5.89. The molecule has 0 saturated carbocycles. The minimum Gasteiger partial charge on any atom is -0.321 e. The van der Waals surface area contributed by atoms with Crippen LogP contribution in [0, 0.1) is 11.3 Å². The van der Waals surface area contributed by atoms with Crippen LogP contribution in [0.5, 0.6) is 0 Å². The maximum absolute atomic E-state index is 12.6. The number of nitriles is 1. The van der Waals surface area contributed by atoms with E-state index in [1.54, 1.807) is 0 Å². The van der Waals surface area contributed by atoms with Crippen LogP contribution in [0.2, 0.25) is 0 Å². The summed E-state index contributed by atoms with van der Waals surface area (Å²) < 4.78 is 0. The number of hydrogen-bond acceptors (Lipinski definition) is 3. The molecule has 5 heteroatoms. The van der Waals surface area contributed by atoms with E-state index in [9.17, 15) is 4.79 Å². The summed E-state index contributed by atoms with van der Waals surface area (Å²) in [7, 11) is 0. The molecule has 2 amide bonds. The molecule has 5 nitrogen and oxygen atoms in total. The van der Waals surface area contributed by atoms with E-state index in [0.29, 0.717) is 24.6 Å². The summed E-state index contributed by atoms with van der Waals surface area (Å²) in [6, 6.07) is 28.6. The third-order valence-corrected chi connectivity index (χ3v) is 6.06. The normalized spacial score (nSPS) is 22.0. The second kappa shape index (κ2) is 7.66. The Balaban J connectivity index is 1.25. The molecule has 2 N–H and O–H groups in total. The van der Waals surface area contributed by atoms with Gasteiger partial charge in [0.1, 0.15) is 0 Å². The molecule has 0 aliphatic carbocycles. The quantitative estimate of drug-likeness (QED) is 0.700. The van der Waals surface area contributed by atoms with Crippen LogP contribution < -0.4 is 10.6 Å². The van der Waals surface area contributed by atoms with Crippen LogP contribution in [-0.2, 0) is 0 Å². The lowest BCUT2D eigenvalue weighted by atomic mass is 9.74. The van der Waals surface area contributed by atoms with Crippen molar-refractivity contribution in [3.8, 4) is 17.2 Å². The number of urea groups is 1. The zero-order valence-electron chi connectivity index (χ0n) is 16.5. The zero-order valence-corrected chi connectivity index (χ0v) is 16.5. The average molecular weight is 394 g/mol. The molecular weight excluding hydrogens is 372 g/mol. The SMILES string of the molecule is N#Cc1cccc(-c2ccc(C3[C@@H]4CN(C(=O)Nc5ccccc5)C[C@H]3N4)cc2)c1. The van der Waals surface area contributed by atoms with Crippen LogP contribution in [0.25, 0.3) is 11.1 Å². The Morgan fingerprint density at radius 1 is 0.933 bits per heavy atom. The van der Waals surface area contributed by atoms with E-state index < -0.39 is 0 Å². The lowest BCUT2D eigenvalue weighted by Crippen LogP contribution is -2.72. The second-order valence-corrected chi connectivity index (χ2v) is 7.92. The zero-order chi connectivity index (χ0) is 20.5. The lowest BCUT2D eigenvalue weighted by molar-refractivity contribution is 0.0759. The first-order chi connectivity index (χ1) is 14.7. The Morgan fingerprint density at radius 3 is 2.37 bits per heavy atom. The summed E-state index contributed by atoms with van der Waals surface area (Å²) in [6.45, 7) is 1.40. The van der Waals surface area contributed by atoms with Crippen LogP contribution in [0.1, 0.15) is 17.0 Å². The number of anilines is 1. The van der Waals surface area contributed by atoms with Gasteiger partial charge in [0.15, 0.2) is 0 Å². The van der Waals surface area contributed by atoms with Gasteiger partial charge in [-0.15, -0.1) is 0 Å². The van der Waals surface area contributed by atoms with Crippen LogP contribution in [0.4, 0.5) is 10.5 Å². The first kappa shape index (κ1) is 18.4. The molecule has 3 heterocycles. The summed E-state index contributed by atoms with van der Waals surface area (Å²) in [5.74, 6) is 0.422. The van der Waals surface area contributed by atoms with Gasteiger partial charge in [-0.2, -0.15) is 5.26 Å². The van der Waals surface area contributed by atoms with E-state index in [4.69, 9.17) is 5.26 Å². The highest BCUT2D eigenvalue weighted by Crippen LogP contribution is 2.37. The summed E-state index contributed by atoms with van der Waals surface area (Å²) >= 11 is 0. The summed E-state index contributed by atoms with van der Waals surface area (Å²) in [5, 5.41) is 15.7. The average Bonchev–Trinajstić information content (AvgIpc) is 2.80. The van der Waals surface area contributed by atoms with Gasteiger partial charge in [0.05, 0.1) is 11.6 Å². The molecule has 148 valence electrons. The number of rotatable bonds is 3. The highest BCUT2D eigenvalue weighted by Gasteiger charge is 2.48. The molecule has 3 aromatic rings. The summed E-state index contributed by atoms with van der Waals surface area (Å²) in [5.41, 5.74) is 4.95. The van der Waals surface area contributed by atoms with Crippen LogP contribution in [0.15, 0.2) is 78.9 Å². The molecule has 3 fully saturated rings. The maximum atomic E-state index is 12.6. The number of piperidine rings is 1. The largest absolute Gasteiger partial charge is 0.321 e. The molecule has 3 aliphatic rings. The van der Waals surface area contributed by atoms with E-state index >= 15 is 0 Å². The number of hydrogen-bond donors (Lipinski definition) is 2. The smallest absolute Gasteiger partial charge is 0.321 e. The summed E-state index contributed by atoms with van der Waals surface area (Å²) in [6.07, 6.45) is 0. The fourth-order valence-electron chi connectivity index (χ4n) is 4.55. The molecule has 3 atom stereocenters. The fraction of sp³-hybridized carbons (Fsp3) is 0.200. The maximum Gasteiger partial charge on any atom is 0.321 e. The number of carbonyl (C=O) groups is 1. The van der Waals surface area contributed by atoms with E-state index in [1.807, 2.05) is 59.5 Å². The Hall–Kier alpha value is -3.62. The van der Waals surface area contributed by atoms with Gasteiger partial charge in [0, 0.05) is 36.8 Å². The molecule has 3 aliphatic heterocycles. The van der Waals surface area contributed by atoms with Crippen molar-refractivity contribution in [3.63, 3.8) is 0 Å². The third kappa shape index (κ3) is 3.42. The van der Waals surface area contributed by atoms with Gasteiger partial charge in [0.25, 0.3) is 0 Å². The Morgan fingerprint density at radius 2 is 1.67 bits per heavy atom. The number of nitrogens with one attached hydrogen (secondary N) is 2. The van der Waals surface area contributed by atoms with Crippen molar-refractivity contribution in [3.05, 3.63) is 90.0 Å². The number of carbonyl (C=O) groups excluding carboxylic acids is 1. The number of piperazine rings is 1. The standard InChI is InChI=1S/C25H22N4O/c26-14-17-5-4-6-20(13-17)18-9-11-19(12-10-18)24-22-15-29(16-23(24)28-22)25(30)27-21-7-2-1-3-8-21/h1-13,22-24,28H,15-16H2,(H,27,30)/t22-,23+,24?. The van der Waals surface area contributed by atoms with E-state index in [0.717, 1.165) is 16.8 Å². The number of fused-ring (bicyclic) bond motifs is 2. The van der Waals surface area contributed by atoms with Gasteiger partial charge in [-0.1, -0.05) is 54.6 Å². The number of amides is 2. The van der Waals surface area contributed by atoms with E-state index in [1.165, 1.54) is 5.56 Å². The topological polar surface area (TPSA) is 68.2 Å². The van der Waals surface area contributed by atoms with Crippen LogP contribution in [-0.4, -0.2) is 36.1 Å². The van der Waals surface area contributed by atoms with Crippen molar-refractivity contribution in [1.29, 1.82) is 5.26 Å². The minimum atomic E-state index is -0.0381. The first-order valence-electron chi connectivity index (χ1n) is 10.2. The van der Waals surface area contributed by atoms with Crippen molar-refractivity contribution in [2.75, 3.05) is 18.4 Å². The number of para-hydroxylation sites is 1. The predicted molar refractivity (Wildman–Crippen MR) is 117 cm³/mol. The van der Waals surface area contributed by atoms with Crippen molar-refractivity contribution >= 4 is 11.7 Å². The monoisotopic (exact) mass is 394 g/mol. The molecule has 0 aromatic heterocycles. The first-order valence-corrected chi connectivity index (χ1v) is 10.2. The van der Waals surface area contributed by atoms with Gasteiger partial charge in [-0.25, -0.2) is 4.79 Å². The van der Waals surface area contributed by atoms with Gasteiger partial charge in [0.2, 0.25) is 0 Å². The minimum absolute atomic E-state index is 0.0381. The molecule has 0 radical (unpaired) electrons. The second-order valence-electron chi connectivity index (χ2n) is 7.92. The van der Waals surface area contributed by atoms with Crippen molar-refractivity contribution in [2.24, 2.45) is 0 Å². The number of benzene rings is 3. The van der Waals surface area contributed by atoms with Crippen LogP contribution in [0.3, 0.4) is 0 Å². The van der Waals surface area contributed by atoms with E-state index in [-0.39, 0.29) is 18.1 Å². The molecular formula is C25H22N4O. The molecule has 3 saturated heterocycles. The van der Waals surface area contributed by atoms with E-state index in [2.05, 4.69) is 41.0 Å². The van der Waals surface area contributed by atoms with Crippen molar-refractivity contribution in [1.82, 2.24) is 10.2 Å². The molecule has 0 spiro atoms. The lowest BCUT2D eigenvalue weighted by Gasteiger charge is -2.54. The van der Waals surface area contributed by atoms with Gasteiger partial charge < -0.3 is 15.5 Å². The predicted octanol–water partition coefficient (Wildman–Crippen LogP) is 4.20. The highest BCUT2D eigenvalue weighted by atomic mass is 16.2. The molecule has 30 heavy (non-hydrogen) atoms. The van der Waals surface area contributed by atoms with Crippen molar-refractivity contribution < 1.29 is 4.79 Å².